The molecule has 0 atom stereocenters. The van der Waals surface area contributed by atoms with Gasteiger partial charge in [0.05, 0.1) is 16.8 Å². The Kier molecular flexibility index (Phi) is 8.66. The molecule has 3 aliphatic carbocycles. The predicted molar refractivity (Wildman–Crippen MR) is 294 cm³/mol. The molecule has 0 N–H and O–H groups in total. The van der Waals surface area contributed by atoms with E-state index in [9.17, 15) is 0 Å². The van der Waals surface area contributed by atoms with E-state index in [2.05, 4.69) is 245 Å². The van der Waals surface area contributed by atoms with Crippen LogP contribution in [0.4, 0.5) is 17.1 Å². The fourth-order valence-electron chi connectivity index (χ4n) is 12.9. The summed E-state index contributed by atoms with van der Waals surface area (Å²) in [7, 11) is 0. The fourth-order valence-corrected chi connectivity index (χ4v) is 14.1. The lowest BCUT2D eigenvalue weighted by Gasteiger charge is -2.41. The highest BCUT2D eigenvalue weighted by molar-refractivity contribution is 7.25. The van der Waals surface area contributed by atoms with Crippen molar-refractivity contribution in [3.05, 3.63) is 246 Å². The molecule has 1 nitrogen and oxygen atoms in total. The van der Waals surface area contributed by atoms with Crippen molar-refractivity contribution < 1.29 is 0 Å². The first-order valence-electron chi connectivity index (χ1n) is 24.6. The number of anilines is 3. The summed E-state index contributed by atoms with van der Waals surface area (Å²) in [6.07, 6.45) is 2.43. The molecule has 14 rings (SSSR count). The largest absolute Gasteiger partial charge is 0.310 e. The lowest BCUT2D eigenvalue weighted by Crippen LogP contribution is -2.33. The van der Waals surface area contributed by atoms with Gasteiger partial charge in [-0.1, -0.05) is 198 Å². The van der Waals surface area contributed by atoms with Gasteiger partial charge >= 0.3 is 0 Å². The van der Waals surface area contributed by atoms with Crippen LogP contribution in [0.15, 0.2) is 212 Å². The minimum Gasteiger partial charge on any atom is -0.310 e. The second-order valence-electron chi connectivity index (χ2n) is 21.0. The van der Waals surface area contributed by atoms with Gasteiger partial charge in [-0.05, 0) is 144 Å². The van der Waals surface area contributed by atoms with Gasteiger partial charge in [-0.3, -0.25) is 0 Å². The molecule has 0 aliphatic heterocycles. The maximum Gasteiger partial charge on any atom is 0.0746 e. The fraction of sp³-hybridized carbons (Fsp3) is 0.134. The maximum atomic E-state index is 2.57. The Morgan fingerprint density at radius 1 is 0.348 bits per heavy atom. The number of hydrogen-bond acceptors (Lipinski definition) is 2. The van der Waals surface area contributed by atoms with Crippen LogP contribution in [0.3, 0.4) is 0 Å². The Hall–Kier alpha value is -7.52. The number of nitrogens with zero attached hydrogens (tertiary/aromatic N) is 1. The van der Waals surface area contributed by atoms with Crippen LogP contribution in [0.2, 0.25) is 0 Å². The molecule has 0 unspecified atom stereocenters. The van der Waals surface area contributed by atoms with E-state index in [1.807, 2.05) is 11.3 Å². The van der Waals surface area contributed by atoms with Gasteiger partial charge in [-0.2, -0.15) is 0 Å². The van der Waals surface area contributed by atoms with Crippen molar-refractivity contribution >= 4 is 59.3 Å². The van der Waals surface area contributed by atoms with Crippen LogP contribution in [0, 0.1) is 0 Å². The van der Waals surface area contributed by atoms with Gasteiger partial charge in [0.15, 0.2) is 0 Å². The molecule has 0 saturated carbocycles. The Morgan fingerprint density at radius 2 is 0.855 bits per heavy atom. The first kappa shape index (κ1) is 40.5. The summed E-state index contributed by atoms with van der Waals surface area (Å²) in [5.74, 6) is 0. The SMILES string of the molecule is CC1(C)CCC(C)(C)c2cc3c(cc21)sc1cc(-c2cccc4c(N(c5ccc(-c6ccccc6)cc5)c5cccc6c5C5(c7ccccc7-c7ccccc75)c5ccccc5-6)cccc24)ccc13. The van der Waals surface area contributed by atoms with Crippen molar-refractivity contribution in [2.75, 3.05) is 4.90 Å². The van der Waals surface area contributed by atoms with Crippen molar-refractivity contribution in [3.63, 3.8) is 0 Å². The molecule has 0 bridgehead atoms. The van der Waals surface area contributed by atoms with Gasteiger partial charge in [0.25, 0.3) is 0 Å². The summed E-state index contributed by atoms with van der Waals surface area (Å²) in [6, 6.07) is 80.5. The minimum absolute atomic E-state index is 0.169. The molecule has 2 heteroatoms. The summed E-state index contributed by atoms with van der Waals surface area (Å²) in [5.41, 5.74) is 21.8. The molecule has 0 saturated heterocycles. The standard InChI is InChI=1S/C67H51NS/c1-65(2)37-38-66(3,4)59-41-63-54(40-58(59)65)52-36-33-44(39-62(52)69-63)46-22-14-24-51-47(46)23-15-29-60(51)68(45-34-31-43(32-35-45)42-17-6-5-7-18-42)61-30-16-25-53-50-21-10-13-28-57(50)67(64(53)61)55-26-11-8-19-48(55)49-20-9-12-27-56(49)67/h5-36,39-41H,37-38H2,1-4H3. The first-order valence-corrected chi connectivity index (χ1v) is 25.4. The van der Waals surface area contributed by atoms with Crippen molar-refractivity contribution in [2.45, 2.75) is 56.8 Å². The average molecular weight is 902 g/mol. The first-order chi connectivity index (χ1) is 33.7. The third kappa shape index (κ3) is 5.76. The lowest BCUT2D eigenvalue weighted by atomic mass is 9.63. The number of fused-ring (bicyclic) bond motifs is 15. The normalized spacial score (nSPS) is 15.5. The van der Waals surface area contributed by atoms with Crippen molar-refractivity contribution in [1.29, 1.82) is 0 Å². The minimum atomic E-state index is -0.516. The van der Waals surface area contributed by atoms with Gasteiger partial charge in [0, 0.05) is 36.8 Å². The molecule has 10 aromatic carbocycles. The average Bonchev–Trinajstić information content (AvgIpc) is 4.01. The van der Waals surface area contributed by atoms with Gasteiger partial charge in [-0.25, -0.2) is 0 Å². The zero-order valence-electron chi connectivity index (χ0n) is 39.5. The van der Waals surface area contributed by atoms with Crippen molar-refractivity contribution in [2.24, 2.45) is 0 Å². The van der Waals surface area contributed by atoms with E-state index in [0.717, 1.165) is 11.4 Å². The Morgan fingerprint density at radius 3 is 1.55 bits per heavy atom. The third-order valence-corrected chi connectivity index (χ3v) is 17.5. The lowest BCUT2D eigenvalue weighted by molar-refractivity contribution is 0.332. The third-order valence-electron chi connectivity index (χ3n) is 16.4. The Bertz CT molecular complexity index is 3840. The molecule has 0 amide bonds. The molecule has 1 spiro atoms. The monoisotopic (exact) mass is 901 g/mol. The molecule has 11 aromatic rings. The van der Waals surface area contributed by atoms with Crippen LogP contribution in [-0.2, 0) is 16.2 Å². The van der Waals surface area contributed by atoms with E-state index in [4.69, 9.17) is 0 Å². The van der Waals surface area contributed by atoms with E-state index in [-0.39, 0.29) is 10.8 Å². The summed E-state index contributed by atoms with van der Waals surface area (Å²) < 4.78 is 2.74. The summed E-state index contributed by atoms with van der Waals surface area (Å²) in [4.78, 5) is 2.57. The smallest absolute Gasteiger partial charge is 0.0746 e. The molecule has 1 heterocycles. The number of thiophene rings is 1. The van der Waals surface area contributed by atoms with Crippen molar-refractivity contribution in [1.82, 2.24) is 0 Å². The molecular formula is C67H51NS. The van der Waals surface area contributed by atoms with Crippen molar-refractivity contribution in [3.8, 4) is 44.5 Å². The zero-order valence-corrected chi connectivity index (χ0v) is 40.3. The van der Waals surface area contributed by atoms with Gasteiger partial charge in [0.2, 0.25) is 0 Å². The number of benzene rings is 10. The molecule has 69 heavy (non-hydrogen) atoms. The number of rotatable bonds is 5. The van der Waals surface area contributed by atoms with Crippen LogP contribution in [0.1, 0.15) is 73.9 Å². The molecule has 0 radical (unpaired) electrons. The highest BCUT2D eigenvalue weighted by Gasteiger charge is 2.53. The summed E-state index contributed by atoms with van der Waals surface area (Å²) in [6.45, 7) is 9.74. The topological polar surface area (TPSA) is 3.24 Å². The van der Waals surface area contributed by atoms with Crippen LogP contribution >= 0.6 is 11.3 Å². The predicted octanol–water partition coefficient (Wildman–Crippen LogP) is 18.7. The van der Waals surface area contributed by atoms with Crippen LogP contribution in [0.5, 0.6) is 0 Å². The highest BCUT2D eigenvalue weighted by Crippen LogP contribution is 2.65. The van der Waals surface area contributed by atoms with Gasteiger partial charge < -0.3 is 4.90 Å². The van der Waals surface area contributed by atoms with Crippen LogP contribution in [0.25, 0.3) is 75.5 Å². The second kappa shape index (κ2) is 14.7. The molecule has 330 valence electrons. The van der Waals surface area contributed by atoms with E-state index in [1.54, 1.807) is 0 Å². The molecule has 1 aromatic heterocycles. The zero-order chi connectivity index (χ0) is 46.2. The van der Waals surface area contributed by atoms with E-state index in [0.29, 0.717) is 0 Å². The quantitative estimate of drug-likeness (QED) is 0.166. The summed E-state index contributed by atoms with van der Waals surface area (Å²) in [5, 5.41) is 5.20. The van der Waals surface area contributed by atoms with Crippen LogP contribution < -0.4 is 4.90 Å². The second-order valence-corrected chi connectivity index (χ2v) is 22.1. The maximum absolute atomic E-state index is 2.57. The van der Waals surface area contributed by atoms with Gasteiger partial charge in [-0.15, -0.1) is 11.3 Å². The summed E-state index contributed by atoms with van der Waals surface area (Å²) >= 11 is 1.95. The highest BCUT2D eigenvalue weighted by atomic mass is 32.1. The van der Waals surface area contributed by atoms with E-state index in [1.165, 1.54) is 127 Å². The molecular weight excluding hydrogens is 851 g/mol. The van der Waals surface area contributed by atoms with Gasteiger partial charge in [0.1, 0.15) is 0 Å². The Balaban J connectivity index is 0.995. The molecule has 0 fully saturated rings. The number of hydrogen-bond donors (Lipinski definition) is 0. The van der Waals surface area contributed by atoms with E-state index >= 15 is 0 Å². The Labute approximate surface area is 409 Å². The molecule has 3 aliphatic rings. The van der Waals surface area contributed by atoms with E-state index < -0.39 is 5.41 Å². The van der Waals surface area contributed by atoms with Crippen LogP contribution in [-0.4, -0.2) is 0 Å².